The van der Waals surface area contributed by atoms with Crippen LogP contribution in [0.1, 0.15) is 21.6 Å². The van der Waals surface area contributed by atoms with Crippen LogP contribution in [0.4, 0.5) is 33.9 Å². The fourth-order valence-electron chi connectivity index (χ4n) is 4.91. The van der Waals surface area contributed by atoms with E-state index in [1.807, 2.05) is 0 Å². The number of hydrogen-bond donors (Lipinski definition) is 2. The topological polar surface area (TPSA) is 125 Å². The zero-order chi connectivity index (χ0) is 31.1. The van der Waals surface area contributed by atoms with Crippen molar-refractivity contribution in [3.8, 4) is 22.9 Å². The quantitative estimate of drug-likeness (QED) is 0.152. The highest BCUT2D eigenvalue weighted by Gasteiger charge is 2.28. The number of nitrogens with one attached hydrogen (secondary N) is 1. The van der Waals surface area contributed by atoms with E-state index in [1.54, 1.807) is 13.0 Å². The summed E-state index contributed by atoms with van der Waals surface area (Å²) < 4.78 is 71.9. The molecule has 0 bridgehead atoms. The van der Waals surface area contributed by atoms with Gasteiger partial charge in [-0.15, -0.1) is 0 Å². The largest absolute Gasteiger partial charge is 0.485 e. The lowest BCUT2D eigenvalue weighted by molar-refractivity contribution is 0.0822. The fraction of sp³-hybridized carbons (Fsp3) is 0.167. The number of ketones is 1. The van der Waals surface area contributed by atoms with Crippen molar-refractivity contribution < 1.29 is 41.4 Å². The van der Waals surface area contributed by atoms with E-state index in [0.717, 1.165) is 10.7 Å². The summed E-state index contributed by atoms with van der Waals surface area (Å²) in [4.78, 5) is 29.9. The van der Waals surface area contributed by atoms with Crippen LogP contribution < -0.4 is 20.1 Å². The Hall–Kier alpha value is -5.53. The number of rotatable bonds is 9. The summed E-state index contributed by atoms with van der Waals surface area (Å²) >= 11 is 0. The van der Waals surface area contributed by atoms with Crippen LogP contribution in [-0.4, -0.2) is 52.8 Å². The van der Waals surface area contributed by atoms with Gasteiger partial charge in [0.15, 0.2) is 17.4 Å². The van der Waals surface area contributed by atoms with E-state index >= 15 is 4.39 Å². The third kappa shape index (κ3) is 5.25. The summed E-state index contributed by atoms with van der Waals surface area (Å²) in [5, 5.41) is 4.57. The number of anilines is 2. The summed E-state index contributed by atoms with van der Waals surface area (Å²) in [5.74, 6) is -2.15. The summed E-state index contributed by atoms with van der Waals surface area (Å²) in [6.07, 6.45) is -2.23. The van der Waals surface area contributed by atoms with Gasteiger partial charge in [0.2, 0.25) is 5.78 Å². The number of aromatic nitrogens is 3. The molecule has 44 heavy (non-hydrogen) atoms. The number of nitrogens with two attached hydrogens (primary N) is 1. The number of amides is 1. The molecule has 3 aromatic carbocycles. The molecule has 1 fully saturated rings. The van der Waals surface area contributed by atoms with Crippen molar-refractivity contribution in [2.75, 3.05) is 30.4 Å². The van der Waals surface area contributed by atoms with Crippen molar-refractivity contribution in [3.63, 3.8) is 0 Å². The van der Waals surface area contributed by atoms with Gasteiger partial charge in [-0.05, 0) is 48.9 Å². The standard InChI is InChI=1S/C30H23F4N5O5/c1-15-8-17(44-24-5-3-2-4-19(24)31)11-20(32)27(15)39-29(35)18(13-36-39)28(40)22-9-16-10-25(43-14-26(33)34)23(12-21(16)37-22)38-6-7-42-30(38)41/h2-5,8-13,26,37H,6-7,14,35H2,1H3. The maximum Gasteiger partial charge on any atom is 0.414 e. The van der Waals surface area contributed by atoms with Crippen molar-refractivity contribution >= 4 is 34.3 Å². The van der Waals surface area contributed by atoms with E-state index in [1.165, 1.54) is 53.6 Å². The molecule has 6 rings (SSSR count). The minimum Gasteiger partial charge on any atom is -0.485 e. The van der Waals surface area contributed by atoms with E-state index in [9.17, 15) is 22.8 Å². The van der Waals surface area contributed by atoms with Gasteiger partial charge in [0, 0.05) is 17.0 Å². The zero-order valence-corrected chi connectivity index (χ0v) is 22.9. The third-order valence-corrected chi connectivity index (χ3v) is 6.92. The monoisotopic (exact) mass is 609 g/mol. The number of fused-ring (bicyclic) bond motifs is 1. The van der Waals surface area contributed by atoms with Crippen LogP contribution in [0.5, 0.6) is 17.2 Å². The average Bonchev–Trinajstić information content (AvgIpc) is 3.70. The van der Waals surface area contributed by atoms with E-state index < -0.39 is 36.5 Å². The lowest BCUT2D eigenvalue weighted by atomic mass is 10.1. The van der Waals surface area contributed by atoms with Crippen LogP contribution >= 0.6 is 0 Å². The molecule has 3 heterocycles. The number of para-hydroxylation sites is 1. The Balaban J connectivity index is 1.31. The number of carbonyl (C=O) groups excluding carboxylic acids is 2. The Labute approximate surface area is 246 Å². The van der Waals surface area contributed by atoms with Crippen LogP contribution in [0.3, 0.4) is 0 Å². The van der Waals surface area contributed by atoms with Gasteiger partial charge in [-0.1, -0.05) is 12.1 Å². The highest BCUT2D eigenvalue weighted by Crippen LogP contribution is 2.36. The number of nitrogen functional groups attached to an aromatic ring is 1. The van der Waals surface area contributed by atoms with Crippen LogP contribution in [0.2, 0.25) is 0 Å². The first-order valence-corrected chi connectivity index (χ1v) is 13.2. The van der Waals surface area contributed by atoms with Crippen LogP contribution in [0.15, 0.2) is 60.8 Å². The van der Waals surface area contributed by atoms with Gasteiger partial charge in [-0.2, -0.15) is 5.10 Å². The number of carbonyl (C=O) groups is 2. The molecule has 1 aliphatic heterocycles. The lowest BCUT2D eigenvalue weighted by Crippen LogP contribution is -2.24. The van der Waals surface area contributed by atoms with Gasteiger partial charge in [-0.25, -0.2) is 27.0 Å². The summed E-state index contributed by atoms with van der Waals surface area (Å²) in [7, 11) is 0. The summed E-state index contributed by atoms with van der Waals surface area (Å²) in [6, 6.07) is 12.6. The molecule has 226 valence electrons. The highest BCUT2D eigenvalue weighted by atomic mass is 19.3. The number of halogens is 4. The van der Waals surface area contributed by atoms with Crippen molar-refractivity contribution in [1.29, 1.82) is 0 Å². The minimum absolute atomic E-state index is 0.00959. The number of aromatic amines is 1. The van der Waals surface area contributed by atoms with E-state index in [2.05, 4.69) is 10.1 Å². The molecule has 14 heteroatoms. The number of alkyl halides is 2. The molecule has 1 amide bonds. The Kier molecular flexibility index (Phi) is 7.33. The maximum atomic E-state index is 15.3. The first-order valence-electron chi connectivity index (χ1n) is 13.2. The first-order chi connectivity index (χ1) is 21.1. The van der Waals surface area contributed by atoms with Crippen molar-refractivity contribution in [2.45, 2.75) is 13.3 Å². The van der Waals surface area contributed by atoms with Crippen molar-refractivity contribution in [1.82, 2.24) is 14.8 Å². The van der Waals surface area contributed by atoms with E-state index in [0.29, 0.717) is 16.5 Å². The minimum atomic E-state index is -2.75. The zero-order valence-electron chi connectivity index (χ0n) is 22.9. The van der Waals surface area contributed by atoms with E-state index in [-0.39, 0.29) is 58.9 Å². The summed E-state index contributed by atoms with van der Waals surface area (Å²) in [6.45, 7) is 0.974. The number of benzene rings is 3. The van der Waals surface area contributed by atoms with Gasteiger partial charge in [0.05, 0.1) is 29.7 Å². The predicted molar refractivity (Wildman–Crippen MR) is 151 cm³/mol. The number of nitrogens with zero attached hydrogens (tertiary/aromatic N) is 3. The normalized spacial score (nSPS) is 13.1. The smallest absolute Gasteiger partial charge is 0.414 e. The first kappa shape index (κ1) is 28.6. The average molecular weight is 610 g/mol. The lowest BCUT2D eigenvalue weighted by Gasteiger charge is -2.18. The Morgan fingerprint density at radius 1 is 1.11 bits per heavy atom. The Bertz CT molecular complexity index is 1900. The molecule has 0 unspecified atom stereocenters. The molecule has 0 atom stereocenters. The van der Waals surface area contributed by atoms with Crippen LogP contribution in [-0.2, 0) is 4.74 Å². The number of hydrogen-bond acceptors (Lipinski definition) is 7. The molecule has 0 saturated carbocycles. The van der Waals surface area contributed by atoms with Gasteiger partial charge in [-0.3, -0.25) is 9.69 Å². The molecule has 0 radical (unpaired) electrons. The van der Waals surface area contributed by atoms with Gasteiger partial charge in [0.1, 0.15) is 36.2 Å². The molecular weight excluding hydrogens is 586 g/mol. The highest BCUT2D eigenvalue weighted by molar-refractivity contribution is 6.13. The van der Waals surface area contributed by atoms with Crippen LogP contribution in [0, 0.1) is 18.6 Å². The maximum absolute atomic E-state index is 15.3. The summed E-state index contributed by atoms with van der Waals surface area (Å²) in [5.41, 5.74) is 7.21. The number of H-pyrrole nitrogens is 1. The molecule has 0 spiro atoms. The number of cyclic esters (lactones) is 1. The van der Waals surface area contributed by atoms with Gasteiger partial charge in [0.25, 0.3) is 6.43 Å². The SMILES string of the molecule is Cc1cc(Oc2ccccc2F)cc(F)c1-n1ncc(C(=O)c2cc3cc(OCC(F)F)c(N4CCOC4=O)cc3[nH]2)c1N. The second kappa shape index (κ2) is 11.3. The van der Waals surface area contributed by atoms with Crippen molar-refractivity contribution in [3.05, 3.63) is 89.2 Å². The molecule has 3 N–H and O–H groups in total. The van der Waals surface area contributed by atoms with Gasteiger partial charge < -0.3 is 24.9 Å². The Morgan fingerprint density at radius 3 is 2.61 bits per heavy atom. The van der Waals surface area contributed by atoms with Crippen LogP contribution in [0.25, 0.3) is 16.6 Å². The number of aryl methyl sites for hydroxylation is 1. The van der Waals surface area contributed by atoms with E-state index in [4.69, 9.17) is 19.9 Å². The predicted octanol–water partition coefficient (Wildman–Crippen LogP) is 6.15. The molecular formula is C30H23F4N5O5. The Morgan fingerprint density at radius 2 is 1.91 bits per heavy atom. The third-order valence-electron chi connectivity index (χ3n) is 6.92. The molecule has 2 aromatic heterocycles. The molecule has 1 aliphatic rings. The molecule has 0 aliphatic carbocycles. The van der Waals surface area contributed by atoms with Gasteiger partial charge >= 0.3 is 6.09 Å². The fourth-order valence-corrected chi connectivity index (χ4v) is 4.91. The molecule has 5 aromatic rings. The molecule has 10 nitrogen and oxygen atoms in total. The molecule has 1 saturated heterocycles. The second-order valence-corrected chi connectivity index (χ2v) is 9.85. The van der Waals surface area contributed by atoms with Crippen molar-refractivity contribution in [2.24, 2.45) is 0 Å². The second-order valence-electron chi connectivity index (χ2n) is 9.85. The number of ether oxygens (including phenoxy) is 3.